The molecule has 1 aliphatic rings. The van der Waals surface area contributed by atoms with E-state index in [1.165, 1.54) is 34.2 Å². The summed E-state index contributed by atoms with van der Waals surface area (Å²) in [5, 5.41) is 2.17. The zero-order valence-electron chi connectivity index (χ0n) is 20.0. The maximum atomic E-state index is 6.72. The third-order valence-electron chi connectivity index (χ3n) is 7.24. The third kappa shape index (κ3) is 4.41. The van der Waals surface area contributed by atoms with Gasteiger partial charge in [0.15, 0.2) is 11.2 Å². The fourth-order valence-corrected chi connectivity index (χ4v) is 7.88. The monoisotopic (exact) mass is 602 g/mol. The third-order valence-corrected chi connectivity index (χ3v) is 9.53. The first-order valence-corrected chi connectivity index (χ1v) is 14.5. The summed E-state index contributed by atoms with van der Waals surface area (Å²) in [6.45, 7) is 8.59. The van der Waals surface area contributed by atoms with Crippen molar-refractivity contribution in [1.29, 1.82) is 0 Å². The first-order chi connectivity index (χ1) is 16.3. The minimum absolute atomic E-state index is 0.0582. The van der Waals surface area contributed by atoms with Gasteiger partial charge in [0.25, 0.3) is 0 Å². The van der Waals surface area contributed by atoms with E-state index in [0.717, 1.165) is 50.1 Å². The molecule has 0 saturated heterocycles. The Morgan fingerprint density at radius 1 is 0.794 bits per heavy atom. The van der Waals surface area contributed by atoms with Crippen LogP contribution in [0.1, 0.15) is 59.4 Å². The molecule has 0 radical (unpaired) electrons. The Labute approximate surface area is 218 Å². The first-order valence-electron chi connectivity index (χ1n) is 11.8. The van der Waals surface area contributed by atoms with Crippen LogP contribution in [0.25, 0.3) is 21.9 Å². The van der Waals surface area contributed by atoms with E-state index < -0.39 is 8.24 Å². The minimum atomic E-state index is -1.65. The average molecular weight is 604 g/mol. The number of benzene rings is 3. The lowest BCUT2D eigenvalue weighted by Crippen LogP contribution is -2.27. The highest BCUT2D eigenvalue weighted by Crippen LogP contribution is 2.45. The van der Waals surface area contributed by atoms with Crippen LogP contribution in [0.5, 0.6) is 0 Å². The van der Waals surface area contributed by atoms with E-state index in [1.54, 1.807) is 0 Å². The van der Waals surface area contributed by atoms with Gasteiger partial charge in [-0.1, -0.05) is 43.2 Å². The van der Waals surface area contributed by atoms with Crippen LogP contribution < -0.4 is 4.52 Å². The van der Waals surface area contributed by atoms with Gasteiger partial charge >= 0.3 is 8.24 Å². The molecule has 0 unspecified atom stereocenters. The number of hydrogen-bond acceptors (Lipinski definition) is 3. The van der Waals surface area contributed by atoms with Crippen LogP contribution >= 0.6 is 40.1 Å². The number of hydrogen-bond donors (Lipinski definition) is 0. The molecule has 0 N–H and O–H groups in total. The minimum Gasteiger partial charge on any atom is -0.398 e. The van der Waals surface area contributed by atoms with Crippen molar-refractivity contribution in [3.63, 3.8) is 0 Å². The first kappa shape index (κ1) is 24.2. The van der Waals surface area contributed by atoms with Gasteiger partial charge in [-0.3, -0.25) is 4.52 Å². The molecule has 1 aromatic heterocycles. The van der Waals surface area contributed by atoms with Gasteiger partial charge in [0, 0.05) is 16.7 Å². The van der Waals surface area contributed by atoms with Gasteiger partial charge in [-0.25, -0.2) is 0 Å². The summed E-state index contributed by atoms with van der Waals surface area (Å²) in [4.78, 5) is 0. The molecule has 1 heterocycles. The summed E-state index contributed by atoms with van der Waals surface area (Å²) >= 11 is 7.56. The van der Waals surface area contributed by atoms with E-state index in [0.29, 0.717) is 5.92 Å². The van der Waals surface area contributed by atoms with Crippen LogP contribution in [-0.4, -0.2) is 6.10 Å². The fraction of sp³-hybridized carbons (Fsp3) is 0.357. The second kappa shape index (κ2) is 9.85. The summed E-state index contributed by atoms with van der Waals surface area (Å²) in [6, 6.07) is 15.0. The lowest BCUT2D eigenvalue weighted by molar-refractivity contribution is 0.172. The number of halogens is 2. The average Bonchev–Trinajstić information content (AvgIpc) is 3.00. The topological polar surface area (TPSA) is 35.5 Å². The standard InChI is InChI=1S/C28H29Br2O3P/c1-16-14-22(29)27-25(18(16)3)26-19(4)17(2)15-23(30)28(26)33-34(32-27)31-24-13-9-8-12-21(24)20-10-6-5-7-11-20/h5-7,10-11,14-15,21,24H,8-9,12-13H2,1-4H3/t21-,24+/m0/s1. The van der Waals surface area contributed by atoms with Crippen molar-refractivity contribution >= 4 is 62.0 Å². The molecule has 34 heavy (non-hydrogen) atoms. The maximum absolute atomic E-state index is 6.72. The van der Waals surface area contributed by atoms with E-state index in [-0.39, 0.29) is 6.10 Å². The van der Waals surface area contributed by atoms with Gasteiger partial charge in [-0.2, -0.15) is 0 Å². The predicted molar refractivity (Wildman–Crippen MR) is 149 cm³/mol. The SMILES string of the molecule is Cc1cc(Br)c2op(O[C@@H]3CCCC[C@H]3c3ccccc3)oc3c(Br)cc(C)c(C)c3c2c1C. The van der Waals surface area contributed by atoms with Crippen molar-refractivity contribution in [3.05, 3.63) is 79.2 Å². The Morgan fingerprint density at radius 2 is 1.32 bits per heavy atom. The highest BCUT2D eigenvalue weighted by molar-refractivity contribution is 9.11. The Balaban J connectivity index is 1.75. The molecule has 2 atom stereocenters. The van der Waals surface area contributed by atoms with E-state index >= 15 is 0 Å². The van der Waals surface area contributed by atoms with Gasteiger partial charge in [0.05, 0.1) is 15.0 Å². The van der Waals surface area contributed by atoms with E-state index in [4.69, 9.17) is 12.9 Å². The molecule has 3 nitrogen and oxygen atoms in total. The second-order valence-electron chi connectivity index (χ2n) is 9.36. The van der Waals surface area contributed by atoms with Crippen LogP contribution in [0.2, 0.25) is 0 Å². The van der Waals surface area contributed by atoms with Crippen molar-refractivity contribution in [2.45, 2.75) is 65.4 Å². The van der Waals surface area contributed by atoms with Crippen molar-refractivity contribution in [1.82, 2.24) is 0 Å². The molecule has 3 aromatic carbocycles. The van der Waals surface area contributed by atoms with Crippen LogP contribution in [0.15, 0.2) is 59.8 Å². The van der Waals surface area contributed by atoms with Crippen molar-refractivity contribution in [2.24, 2.45) is 0 Å². The molecule has 1 fully saturated rings. The van der Waals surface area contributed by atoms with E-state index in [1.807, 2.05) is 0 Å². The van der Waals surface area contributed by atoms with Crippen LogP contribution in [-0.2, 0) is 0 Å². The molecule has 178 valence electrons. The molecule has 6 heteroatoms. The Morgan fingerprint density at radius 3 is 1.88 bits per heavy atom. The highest BCUT2D eigenvalue weighted by Gasteiger charge is 2.29. The largest absolute Gasteiger partial charge is 0.398 e. The van der Waals surface area contributed by atoms with Gasteiger partial charge in [-0.05, 0) is 112 Å². The van der Waals surface area contributed by atoms with Crippen LogP contribution in [0.3, 0.4) is 0 Å². The van der Waals surface area contributed by atoms with Gasteiger partial charge in [0.1, 0.15) is 0 Å². The molecule has 0 amide bonds. The van der Waals surface area contributed by atoms with E-state index in [9.17, 15) is 0 Å². The van der Waals surface area contributed by atoms with Gasteiger partial charge in [0.2, 0.25) is 0 Å². The Bertz CT molecular complexity index is 1340. The lowest BCUT2D eigenvalue weighted by atomic mass is 9.82. The Hall–Kier alpha value is -1.52. The van der Waals surface area contributed by atoms with Gasteiger partial charge in [-0.15, -0.1) is 0 Å². The molecular formula is C28H29Br2O3P. The summed E-state index contributed by atoms with van der Waals surface area (Å²) in [7, 11) is -1.65. The zero-order valence-corrected chi connectivity index (χ0v) is 24.0. The van der Waals surface area contributed by atoms with Crippen molar-refractivity contribution < 1.29 is 12.9 Å². The maximum Gasteiger partial charge on any atom is 0.387 e. The second-order valence-corrected chi connectivity index (χ2v) is 12.1. The molecule has 4 aromatic rings. The molecule has 1 aliphatic carbocycles. The quantitative estimate of drug-likeness (QED) is 0.234. The molecule has 0 spiro atoms. The zero-order chi connectivity index (χ0) is 24.0. The van der Waals surface area contributed by atoms with E-state index in [2.05, 4.69) is 102 Å². The number of rotatable bonds is 3. The highest BCUT2D eigenvalue weighted by atomic mass is 79.9. The molecule has 0 aliphatic heterocycles. The summed E-state index contributed by atoms with van der Waals surface area (Å²) < 4.78 is 21.8. The lowest BCUT2D eigenvalue weighted by Gasteiger charge is -2.30. The van der Waals surface area contributed by atoms with Gasteiger partial charge < -0.3 is 8.39 Å². The summed E-state index contributed by atoms with van der Waals surface area (Å²) in [5.41, 5.74) is 7.75. The number of aryl methyl sites for hydroxylation is 4. The molecule has 0 bridgehead atoms. The molecular weight excluding hydrogens is 575 g/mol. The smallest absolute Gasteiger partial charge is 0.387 e. The summed E-state index contributed by atoms with van der Waals surface area (Å²) in [5.74, 6) is 0.346. The predicted octanol–water partition coefficient (Wildman–Crippen LogP) is 10.2. The van der Waals surface area contributed by atoms with Crippen LogP contribution in [0.4, 0.5) is 0 Å². The fourth-order valence-electron chi connectivity index (χ4n) is 5.11. The van der Waals surface area contributed by atoms with Crippen LogP contribution in [0, 0.1) is 27.7 Å². The number of fused-ring (bicyclic) bond motifs is 3. The molecule has 5 rings (SSSR count). The van der Waals surface area contributed by atoms with Crippen molar-refractivity contribution in [3.8, 4) is 0 Å². The Kier molecular flexibility index (Phi) is 7.01. The van der Waals surface area contributed by atoms with Crippen molar-refractivity contribution in [2.75, 3.05) is 0 Å². The molecule has 1 saturated carbocycles. The summed E-state index contributed by atoms with van der Waals surface area (Å²) in [6.07, 6.45) is 4.57. The normalized spacial score (nSPS) is 18.5.